The number of guanidine groups is 1. The van der Waals surface area contributed by atoms with Crippen LogP contribution < -0.4 is 10.6 Å². The van der Waals surface area contributed by atoms with E-state index in [1.165, 1.54) is 4.88 Å². The van der Waals surface area contributed by atoms with Gasteiger partial charge in [0.2, 0.25) is 5.91 Å². The molecular weight excluding hydrogens is 310 g/mol. The van der Waals surface area contributed by atoms with Crippen LogP contribution in [0.25, 0.3) is 0 Å². The van der Waals surface area contributed by atoms with Crippen LogP contribution in [0.3, 0.4) is 0 Å². The van der Waals surface area contributed by atoms with Crippen molar-refractivity contribution in [2.24, 2.45) is 10.9 Å². The first-order valence-corrected chi connectivity index (χ1v) is 8.91. The molecule has 1 aromatic heterocycles. The van der Waals surface area contributed by atoms with Crippen molar-refractivity contribution in [3.8, 4) is 0 Å². The van der Waals surface area contributed by atoms with Crippen molar-refractivity contribution in [1.29, 1.82) is 0 Å². The molecule has 1 atom stereocenters. The normalized spacial score (nSPS) is 18.6. The Hall–Kier alpha value is -1.63. The molecule has 0 aromatic carbocycles. The van der Waals surface area contributed by atoms with Gasteiger partial charge >= 0.3 is 0 Å². The van der Waals surface area contributed by atoms with Crippen LogP contribution in [-0.4, -0.2) is 47.9 Å². The molecule has 2 rings (SSSR count). The van der Waals surface area contributed by atoms with Crippen LogP contribution in [0, 0.1) is 19.8 Å². The summed E-state index contributed by atoms with van der Waals surface area (Å²) in [5, 5.41) is 7.84. The zero-order chi connectivity index (χ0) is 17.0. The number of aromatic nitrogens is 1. The number of likely N-dealkylation sites (tertiary alicyclic amines) is 1. The summed E-state index contributed by atoms with van der Waals surface area (Å²) >= 11 is 1.71. The third-order valence-corrected chi connectivity index (χ3v) is 5.05. The van der Waals surface area contributed by atoms with Gasteiger partial charge in [-0.05, 0) is 20.3 Å². The van der Waals surface area contributed by atoms with Crippen molar-refractivity contribution in [2.75, 3.05) is 20.1 Å². The van der Waals surface area contributed by atoms with E-state index in [4.69, 9.17) is 0 Å². The molecule has 2 heterocycles. The van der Waals surface area contributed by atoms with Crippen LogP contribution in [-0.2, 0) is 11.3 Å². The summed E-state index contributed by atoms with van der Waals surface area (Å²) in [6.45, 7) is 10.2. The molecule has 1 amide bonds. The lowest BCUT2D eigenvalue weighted by molar-refractivity contribution is -0.133. The van der Waals surface area contributed by atoms with E-state index in [2.05, 4.69) is 20.6 Å². The number of carbonyl (C=O) groups excluding carboxylic acids is 1. The second kappa shape index (κ2) is 7.77. The summed E-state index contributed by atoms with van der Waals surface area (Å²) in [5.74, 6) is 1.07. The second-order valence-corrected chi connectivity index (χ2v) is 7.52. The summed E-state index contributed by atoms with van der Waals surface area (Å²) in [7, 11) is 1.77. The van der Waals surface area contributed by atoms with Gasteiger partial charge in [0.25, 0.3) is 0 Å². The van der Waals surface area contributed by atoms with Crippen molar-refractivity contribution >= 4 is 23.2 Å². The molecule has 0 bridgehead atoms. The molecule has 1 fully saturated rings. The molecule has 1 aliphatic heterocycles. The fourth-order valence-electron chi connectivity index (χ4n) is 2.73. The first kappa shape index (κ1) is 17.7. The fraction of sp³-hybridized carbons (Fsp3) is 0.688. The summed E-state index contributed by atoms with van der Waals surface area (Å²) in [5.41, 5.74) is 1.07. The number of thiazole rings is 1. The van der Waals surface area contributed by atoms with Crippen LogP contribution in [0.1, 0.15) is 35.8 Å². The van der Waals surface area contributed by atoms with E-state index >= 15 is 0 Å². The minimum atomic E-state index is 0.0590. The van der Waals surface area contributed by atoms with Crippen LogP contribution in [0.4, 0.5) is 0 Å². The lowest BCUT2D eigenvalue weighted by Gasteiger charge is -2.20. The lowest BCUT2D eigenvalue weighted by atomic mass is 10.2. The summed E-state index contributed by atoms with van der Waals surface area (Å²) in [6, 6.07) is 0.258. The predicted molar refractivity (Wildman–Crippen MR) is 94.7 cm³/mol. The molecule has 1 saturated heterocycles. The first-order valence-electron chi connectivity index (χ1n) is 8.09. The molecule has 6 nitrogen and oxygen atoms in total. The third kappa shape index (κ3) is 4.67. The number of carbonyl (C=O) groups is 1. The number of amides is 1. The number of nitrogens with zero attached hydrogens (tertiary/aromatic N) is 3. The standard InChI is InChI=1S/C16H27N5OS/c1-10(2)15(22)21-7-6-13(9-21)20-16(17-5)18-8-14-11(3)19-12(4)23-14/h10,13H,6-9H2,1-5H3,(H2,17,18,20). The maximum Gasteiger partial charge on any atom is 0.225 e. The predicted octanol–water partition coefficient (Wildman–Crippen LogP) is 1.68. The second-order valence-electron chi connectivity index (χ2n) is 6.24. The van der Waals surface area contributed by atoms with Gasteiger partial charge < -0.3 is 15.5 Å². The average molecular weight is 337 g/mol. The number of hydrogen-bond donors (Lipinski definition) is 2. The summed E-state index contributed by atoms with van der Waals surface area (Å²) in [6.07, 6.45) is 0.956. The molecule has 0 radical (unpaired) electrons. The smallest absolute Gasteiger partial charge is 0.225 e. The van der Waals surface area contributed by atoms with Gasteiger partial charge in [-0.25, -0.2) is 4.98 Å². The van der Waals surface area contributed by atoms with Crippen molar-refractivity contribution < 1.29 is 4.79 Å². The molecule has 7 heteroatoms. The van der Waals surface area contributed by atoms with Gasteiger partial charge in [-0.3, -0.25) is 9.79 Å². The Morgan fingerprint density at radius 2 is 2.22 bits per heavy atom. The Balaban J connectivity index is 1.84. The van der Waals surface area contributed by atoms with E-state index in [0.29, 0.717) is 0 Å². The van der Waals surface area contributed by atoms with E-state index in [-0.39, 0.29) is 17.9 Å². The highest BCUT2D eigenvalue weighted by Gasteiger charge is 2.27. The average Bonchev–Trinajstić information content (AvgIpc) is 3.09. The van der Waals surface area contributed by atoms with Gasteiger partial charge in [-0.2, -0.15) is 0 Å². The molecule has 23 heavy (non-hydrogen) atoms. The summed E-state index contributed by atoms with van der Waals surface area (Å²) < 4.78 is 0. The molecule has 128 valence electrons. The van der Waals surface area contributed by atoms with Crippen molar-refractivity contribution in [2.45, 2.75) is 46.7 Å². The Morgan fingerprint density at radius 3 is 2.78 bits per heavy atom. The topological polar surface area (TPSA) is 69.6 Å². The Labute approximate surface area is 142 Å². The molecule has 0 spiro atoms. The third-order valence-electron chi connectivity index (χ3n) is 3.97. The molecular formula is C16H27N5OS. The zero-order valence-corrected chi connectivity index (χ0v) is 15.5. The van der Waals surface area contributed by atoms with Crippen LogP contribution in [0.5, 0.6) is 0 Å². The molecule has 0 saturated carbocycles. The summed E-state index contributed by atoms with van der Waals surface area (Å²) in [4.78, 5) is 23.9. The molecule has 1 aromatic rings. The number of aryl methyl sites for hydroxylation is 2. The molecule has 2 N–H and O–H groups in total. The van der Waals surface area contributed by atoms with E-state index < -0.39 is 0 Å². The van der Waals surface area contributed by atoms with Gasteiger partial charge in [0.1, 0.15) is 0 Å². The van der Waals surface area contributed by atoms with Crippen molar-refractivity contribution in [3.63, 3.8) is 0 Å². The van der Waals surface area contributed by atoms with Gasteiger partial charge in [-0.15, -0.1) is 11.3 Å². The number of rotatable bonds is 4. The van der Waals surface area contributed by atoms with E-state index in [9.17, 15) is 4.79 Å². The van der Waals surface area contributed by atoms with Crippen LogP contribution in [0.15, 0.2) is 4.99 Å². The first-order chi connectivity index (χ1) is 10.9. The van der Waals surface area contributed by atoms with E-state index in [1.807, 2.05) is 32.6 Å². The zero-order valence-electron chi connectivity index (χ0n) is 14.6. The van der Waals surface area contributed by atoms with Crippen molar-refractivity contribution in [3.05, 3.63) is 15.6 Å². The molecule has 1 aliphatic rings. The highest BCUT2D eigenvalue weighted by atomic mass is 32.1. The van der Waals surface area contributed by atoms with E-state index in [0.717, 1.165) is 42.7 Å². The quantitative estimate of drug-likeness (QED) is 0.648. The lowest BCUT2D eigenvalue weighted by Crippen LogP contribution is -2.45. The SMILES string of the molecule is CN=C(NCc1sc(C)nc1C)NC1CCN(C(=O)C(C)C)C1. The Bertz CT molecular complexity index is 581. The number of aliphatic imine (C=N–C) groups is 1. The fourth-order valence-corrected chi connectivity index (χ4v) is 3.61. The van der Waals surface area contributed by atoms with Gasteiger partial charge in [0, 0.05) is 37.0 Å². The number of hydrogen-bond acceptors (Lipinski definition) is 4. The van der Waals surface area contributed by atoms with Crippen LogP contribution >= 0.6 is 11.3 Å². The Kier molecular flexibility index (Phi) is 5.98. The van der Waals surface area contributed by atoms with Gasteiger partial charge in [0.05, 0.1) is 17.2 Å². The number of nitrogens with one attached hydrogen (secondary N) is 2. The van der Waals surface area contributed by atoms with Crippen molar-refractivity contribution in [1.82, 2.24) is 20.5 Å². The monoisotopic (exact) mass is 337 g/mol. The largest absolute Gasteiger partial charge is 0.352 e. The minimum Gasteiger partial charge on any atom is -0.352 e. The maximum absolute atomic E-state index is 12.0. The van der Waals surface area contributed by atoms with Crippen LogP contribution in [0.2, 0.25) is 0 Å². The maximum atomic E-state index is 12.0. The highest BCUT2D eigenvalue weighted by Crippen LogP contribution is 2.16. The molecule has 1 unspecified atom stereocenters. The highest BCUT2D eigenvalue weighted by molar-refractivity contribution is 7.11. The van der Waals surface area contributed by atoms with E-state index in [1.54, 1.807) is 18.4 Å². The molecule has 0 aliphatic carbocycles. The Morgan fingerprint density at radius 1 is 1.48 bits per heavy atom. The van der Waals surface area contributed by atoms with Gasteiger partial charge in [0.15, 0.2) is 5.96 Å². The minimum absolute atomic E-state index is 0.0590. The van der Waals surface area contributed by atoms with Gasteiger partial charge in [-0.1, -0.05) is 13.8 Å².